The normalized spacial score (nSPS) is 48.1. The molecule has 4 saturated carbocycles. The zero-order chi connectivity index (χ0) is 20.1. The maximum Gasteiger partial charge on any atom is 0.133 e. The Morgan fingerprint density at radius 1 is 1.04 bits per heavy atom. The summed E-state index contributed by atoms with van der Waals surface area (Å²) in [6.45, 7) is 7.05. The van der Waals surface area contributed by atoms with Crippen molar-refractivity contribution >= 4 is 5.78 Å². The van der Waals surface area contributed by atoms with E-state index in [1.807, 2.05) is 6.92 Å². The van der Waals surface area contributed by atoms with Gasteiger partial charge in [-0.05, 0) is 112 Å². The Morgan fingerprint density at radius 3 is 2.46 bits per heavy atom. The van der Waals surface area contributed by atoms with Crippen LogP contribution in [0.1, 0.15) is 85.0 Å². The van der Waals surface area contributed by atoms with Crippen LogP contribution in [0.15, 0.2) is 0 Å². The van der Waals surface area contributed by atoms with E-state index in [0.29, 0.717) is 35.6 Å². The number of ether oxygens (including phenoxy) is 1. The minimum Gasteiger partial charge on any atom is -0.387 e. The van der Waals surface area contributed by atoms with Crippen molar-refractivity contribution in [3.05, 3.63) is 0 Å². The van der Waals surface area contributed by atoms with Gasteiger partial charge in [0.25, 0.3) is 0 Å². The molecule has 160 valence electrons. The van der Waals surface area contributed by atoms with Crippen LogP contribution in [-0.2, 0) is 9.53 Å². The maximum atomic E-state index is 12.6. The molecule has 1 N–H and O–H groups in total. The topological polar surface area (TPSA) is 46.5 Å². The highest BCUT2D eigenvalue weighted by atomic mass is 16.5. The van der Waals surface area contributed by atoms with Crippen LogP contribution in [0.25, 0.3) is 0 Å². The Kier molecular flexibility index (Phi) is 5.72. The number of hydrogen-bond acceptors (Lipinski definition) is 3. The summed E-state index contributed by atoms with van der Waals surface area (Å²) in [6.07, 6.45) is 11.9. The van der Waals surface area contributed by atoms with Crippen LogP contribution < -0.4 is 0 Å². The smallest absolute Gasteiger partial charge is 0.133 e. The summed E-state index contributed by atoms with van der Waals surface area (Å²) in [4.78, 5) is 12.6. The van der Waals surface area contributed by atoms with E-state index in [1.54, 1.807) is 7.11 Å². The fraction of sp³-hybridized carbons (Fsp3) is 0.960. The Morgan fingerprint density at radius 2 is 1.79 bits per heavy atom. The zero-order valence-electron chi connectivity index (χ0n) is 18.6. The van der Waals surface area contributed by atoms with E-state index < -0.39 is 5.60 Å². The third-order valence-corrected chi connectivity index (χ3v) is 9.51. The molecule has 0 aromatic carbocycles. The van der Waals surface area contributed by atoms with Crippen molar-refractivity contribution < 1.29 is 14.6 Å². The molecule has 0 saturated heterocycles. The van der Waals surface area contributed by atoms with Gasteiger partial charge in [0.2, 0.25) is 0 Å². The molecule has 0 bridgehead atoms. The molecular weight excluding hydrogens is 348 g/mol. The first-order chi connectivity index (χ1) is 13.3. The quantitative estimate of drug-likeness (QED) is 0.697. The van der Waals surface area contributed by atoms with Gasteiger partial charge in [0, 0.05) is 13.0 Å². The SMILES string of the molecule is COC[C@]1(O)CC[C@H]2[C@H](CC[C@@H]3[C@@H]2CC[C@]2(CC(C)C)[C@@H](C(C)=O)CC[C@@H]32)C1. The number of fused-ring (bicyclic) bond motifs is 5. The lowest BCUT2D eigenvalue weighted by Crippen LogP contribution is -2.53. The van der Waals surface area contributed by atoms with E-state index in [0.717, 1.165) is 42.9 Å². The lowest BCUT2D eigenvalue weighted by atomic mass is 9.47. The molecule has 3 nitrogen and oxygen atoms in total. The van der Waals surface area contributed by atoms with E-state index in [2.05, 4.69) is 13.8 Å². The number of rotatable bonds is 5. The molecule has 3 heteroatoms. The molecule has 0 radical (unpaired) electrons. The highest BCUT2D eigenvalue weighted by Gasteiger charge is 2.60. The molecule has 0 aromatic heterocycles. The summed E-state index contributed by atoms with van der Waals surface area (Å²) in [5.41, 5.74) is -0.300. The molecule has 0 unspecified atom stereocenters. The Balaban J connectivity index is 1.55. The van der Waals surface area contributed by atoms with Crippen molar-refractivity contribution in [2.45, 2.75) is 90.6 Å². The van der Waals surface area contributed by atoms with Crippen LogP contribution in [0.3, 0.4) is 0 Å². The van der Waals surface area contributed by atoms with Crippen molar-refractivity contribution in [2.75, 3.05) is 13.7 Å². The van der Waals surface area contributed by atoms with Crippen molar-refractivity contribution in [1.82, 2.24) is 0 Å². The summed E-state index contributed by atoms with van der Waals surface area (Å²) in [5, 5.41) is 10.9. The number of methoxy groups -OCH3 is 1. The number of hydrogen-bond donors (Lipinski definition) is 1. The maximum absolute atomic E-state index is 12.6. The van der Waals surface area contributed by atoms with Crippen molar-refractivity contribution in [3.63, 3.8) is 0 Å². The van der Waals surface area contributed by atoms with Crippen LogP contribution in [0, 0.1) is 46.8 Å². The van der Waals surface area contributed by atoms with Gasteiger partial charge < -0.3 is 9.84 Å². The minimum atomic E-state index is -0.591. The predicted octanol–water partition coefficient (Wildman–Crippen LogP) is 5.25. The van der Waals surface area contributed by atoms with Gasteiger partial charge in [-0.25, -0.2) is 0 Å². The number of carbonyl (C=O) groups is 1. The average molecular weight is 391 g/mol. The number of ketones is 1. The van der Waals surface area contributed by atoms with Gasteiger partial charge in [-0.2, -0.15) is 0 Å². The monoisotopic (exact) mass is 390 g/mol. The van der Waals surface area contributed by atoms with Crippen molar-refractivity contribution in [1.29, 1.82) is 0 Å². The Hall–Kier alpha value is -0.410. The predicted molar refractivity (Wildman–Crippen MR) is 112 cm³/mol. The van der Waals surface area contributed by atoms with Gasteiger partial charge >= 0.3 is 0 Å². The summed E-state index contributed by atoms with van der Waals surface area (Å²) in [6, 6.07) is 0. The largest absolute Gasteiger partial charge is 0.387 e. The molecule has 28 heavy (non-hydrogen) atoms. The van der Waals surface area contributed by atoms with Gasteiger partial charge in [0.05, 0.1) is 12.2 Å². The highest BCUT2D eigenvalue weighted by Crippen LogP contribution is 2.66. The van der Waals surface area contributed by atoms with E-state index in [9.17, 15) is 9.90 Å². The molecule has 0 spiro atoms. The van der Waals surface area contributed by atoms with Gasteiger partial charge in [0.1, 0.15) is 5.78 Å². The van der Waals surface area contributed by atoms with Crippen LogP contribution in [0.5, 0.6) is 0 Å². The summed E-state index contributed by atoms with van der Waals surface area (Å²) in [7, 11) is 1.71. The van der Waals surface area contributed by atoms with Crippen molar-refractivity contribution in [2.24, 2.45) is 46.8 Å². The number of carbonyl (C=O) groups excluding carboxylic acids is 1. The third kappa shape index (κ3) is 3.39. The fourth-order valence-electron chi connectivity index (χ4n) is 8.94. The van der Waals surface area contributed by atoms with Gasteiger partial charge in [-0.15, -0.1) is 0 Å². The van der Waals surface area contributed by atoms with Crippen LogP contribution >= 0.6 is 0 Å². The molecule has 0 heterocycles. The van der Waals surface area contributed by atoms with Gasteiger partial charge in [-0.3, -0.25) is 4.79 Å². The number of aliphatic hydroxyl groups is 1. The van der Waals surface area contributed by atoms with E-state index in [4.69, 9.17) is 4.74 Å². The summed E-state index contributed by atoms with van der Waals surface area (Å²) in [5.74, 6) is 5.35. The van der Waals surface area contributed by atoms with Crippen LogP contribution in [0.4, 0.5) is 0 Å². The molecule has 0 aromatic rings. The summed E-state index contributed by atoms with van der Waals surface area (Å²) >= 11 is 0. The van der Waals surface area contributed by atoms with Crippen LogP contribution in [0.2, 0.25) is 0 Å². The highest BCUT2D eigenvalue weighted by molar-refractivity contribution is 5.79. The van der Waals surface area contributed by atoms with Gasteiger partial charge in [-0.1, -0.05) is 13.8 Å². The standard InChI is InChI=1S/C25H42O3/c1-16(2)13-25-12-10-20-19-9-11-24(27,15-28-4)14-18(19)5-6-21(20)23(25)8-7-22(25)17(3)26/h16,18-23,27H,5-15H2,1-4H3/t18-,19+,20-,21-,22-,23+,24+,25+/m1/s1. The first kappa shape index (κ1) is 20.8. The Bertz CT molecular complexity index is 586. The van der Waals surface area contributed by atoms with Gasteiger partial charge in [0.15, 0.2) is 0 Å². The number of Topliss-reactive ketones (excluding diaryl/α,β-unsaturated/α-hetero) is 1. The molecule has 4 aliphatic rings. The molecule has 0 amide bonds. The molecule has 4 fully saturated rings. The lowest BCUT2D eigenvalue weighted by molar-refractivity contribution is -0.139. The Labute approximate surface area is 172 Å². The molecule has 0 aliphatic heterocycles. The average Bonchev–Trinajstić information content (AvgIpc) is 2.99. The summed E-state index contributed by atoms with van der Waals surface area (Å²) < 4.78 is 5.33. The zero-order valence-corrected chi connectivity index (χ0v) is 18.6. The second-order valence-corrected chi connectivity index (χ2v) is 11.4. The lowest BCUT2D eigenvalue weighted by Gasteiger charge is -2.58. The first-order valence-corrected chi connectivity index (χ1v) is 12.0. The van der Waals surface area contributed by atoms with E-state index in [1.165, 1.54) is 44.9 Å². The molecule has 4 aliphatic carbocycles. The molecular formula is C25H42O3. The second-order valence-electron chi connectivity index (χ2n) is 11.4. The van der Waals surface area contributed by atoms with E-state index >= 15 is 0 Å². The fourth-order valence-corrected chi connectivity index (χ4v) is 8.94. The third-order valence-electron chi connectivity index (χ3n) is 9.51. The minimum absolute atomic E-state index is 0.291. The van der Waals surface area contributed by atoms with Crippen LogP contribution in [-0.4, -0.2) is 30.2 Å². The van der Waals surface area contributed by atoms with Crippen molar-refractivity contribution in [3.8, 4) is 0 Å². The second kappa shape index (κ2) is 7.69. The first-order valence-electron chi connectivity index (χ1n) is 12.0. The van der Waals surface area contributed by atoms with E-state index in [-0.39, 0.29) is 0 Å². The molecule has 8 atom stereocenters. The molecule has 4 rings (SSSR count).